The molecule has 0 saturated carbocycles. The molecule has 9 nitrogen and oxygen atoms in total. The SMILES string of the molecule is COc1ccc(F)cc1C(=O)NCCc1ccc(S(=O)(=O)NC(=O)NN2CCCC(C)(C)C2)cc1. The first-order chi connectivity index (χ1) is 16.5. The Hall–Kier alpha value is -3.18. The normalized spacial score (nSPS) is 15.8. The highest BCUT2D eigenvalue weighted by Crippen LogP contribution is 2.27. The molecule has 0 spiro atoms. The maximum Gasteiger partial charge on any atom is 0.343 e. The zero-order valence-corrected chi connectivity index (χ0v) is 20.9. The third-order valence-corrected chi connectivity index (χ3v) is 7.07. The summed E-state index contributed by atoms with van der Waals surface area (Å²) in [7, 11) is -2.65. The van der Waals surface area contributed by atoms with Crippen LogP contribution in [0.25, 0.3) is 0 Å². The number of hydrogen-bond donors (Lipinski definition) is 3. The Morgan fingerprint density at radius 2 is 1.86 bits per heavy atom. The number of sulfonamides is 1. The molecular formula is C24H31FN4O5S. The van der Waals surface area contributed by atoms with Gasteiger partial charge >= 0.3 is 6.03 Å². The fourth-order valence-electron chi connectivity index (χ4n) is 3.97. The molecule has 1 aliphatic heterocycles. The number of carbonyl (C=O) groups excluding carboxylic acids is 2. The van der Waals surface area contributed by atoms with E-state index in [9.17, 15) is 22.4 Å². The molecule has 0 unspecified atom stereocenters. The van der Waals surface area contributed by atoms with Gasteiger partial charge in [0.25, 0.3) is 15.9 Å². The second-order valence-electron chi connectivity index (χ2n) is 9.23. The molecule has 1 aliphatic rings. The number of piperidine rings is 1. The molecule has 3 rings (SSSR count). The third-order valence-electron chi connectivity index (χ3n) is 5.73. The van der Waals surface area contributed by atoms with E-state index in [1.165, 1.54) is 31.4 Å². The maximum absolute atomic E-state index is 13.5. The fraction of sp³-hybridized carbons (Fsp3) is 0.417. The van der Waals surface area contributed by atoms with Crippen LogP contribution < -0.4 is 20.2 Å². The first kappa shape index (κ1) is 26.4. The summed E-state index contributed by atoms with van der Waals surface area (Å²) in [6.07, 6.45) is 2.38. The zero-order chi connectivity index (χ0) is 25.6. The van der Waals surface area contributed by atoms with Crippen LogP contribution in [-0.4, -0.2) is 52.1 Å². The third kappa shape index (κ3) is 7.40. The van der Waals surface area contributed by atoms with Crippen molar-refractivity contribution < 1.29 is 27.1 Å². The molecule has 35 heavy (non-hydrogen) atoms. The van der Waals surface area contributed by atoms with Gasteiger partial charge in [-0.25, -0.2) is 27.3 Å². The van der Waals surface area contributed by atoms with Crippen LogP contribution in [-0.2, 0) is 16.4 Å². The van der Waals surface area contributed by atoms with Crippen LogP contribution in [0.3, 0.4) is 0 Å². The number of hydrogen-bond acceptors (Lipinski definition) is 6. The monoisotopic (exact) mass is 506 g/mol. The van der Waals surface area contributed by atoms with Crippen molar-refractivity contribution in [3.05, 3.63) is 59.4 Å². The summed E-state index contributed by atoms with van der Waals surface area (Å²) >= 11 is 0. The molecule has 190 valence electrons. The lowest BCUT2D eigenvalue weighted by atomic mass is 9.85. The Morgan fingerprint density at radius 1 is 1.14 bits per heavy atom. The van der Waals surface area contributed by atoms with Gasteiger partial charge in [-0.05, 0) is 60.6 Å². The molecule has 0 aliphatic carbocycles. The molecule has 11 heteroatoms. The van der Waals surface area contributed by atoms with Crippen molar-refractivity contribution in [3.8, 4) is 5.75 Å². The number of methoxy groups -OCH3 is 1. The lowest BCUT2D eigenvalue weighted by Gasteiger charge is -2.37. The second-order valence-corrected chi connectivity index (χ2v) is 10.9. The minimum Gasteiger partial charge on any atom is -0.496 e. The summed E-state index contributed by atoms with van der Waals surface area (Å²) in [5, 5.41) is 4.42. The van der Waals surface area contributed by atoms with Gasteiger partial charge in [0, 0.05) is 19.6 Å². The Balaban J connectivity index is 1.52. The van der Waals surface area contributed by atoms with Gasteiger partial charge < -0.3 is 10.1 Å². The average Bonchev–Trinajstić information content (AvgIpc) is 2.78. The van der Waals surface area contributed by atoms with Crippen LogP contribution in [0.15, 0.2) is 47.4 Å². The highest BCUT2D eigenvalue weighted by molar-refractivity contribution is 7.90. The molecule has 0 atom stereocenters. The highest BCUT2D eigenvalue weighted by atomic mass is 32.2. The maximum atomic E-state index is 13.5. The van der Waals surface area contributed by atoms with Crippen LogP contribution in [0.5, 0.6) is 5.75 Å². The van der Waals surface area contributed by atoms with Gasteiger partial charge in [-0.2, -0.15) is 0 Å². The van der Waals surface area contributed by atoms with Crippen molar-refractivity contribution in [2.45, 2.75) is 38.0 Å². The van der Waals surface area contributed by atoms with Crippen molar-refractivity contribution in [1.29, 1.82) is 0 Å². The minimum absolute atomic E-state index is 0.0447. The lowest BCUT2D eigenvalue weighted by Crippen LogP contribution is -2.53. The molecule has 2 aromatic carbocycles. The summed E-state index contributed by atoms with van der Waals surface area (Å²) in [4.78, 5) is 24.5. The molecule has 0 bridgehead atoms. The minimum atomic E-state index is -4.05. The van der Waals surface area contributed by atoms with E-state index in [4.69, 9.17) is 4.74 Å². The fourth-order valence-corrected chi connectivity index (χ4v) is 4.88. The van der Waals surface area contributed by atoms with Crippen LogP contribution in [0.2, 0.25) is 0 Å². The van der Waals surface area contributed by atoms with Gasteiger partial charge in [0.2, 0.25) is 0 Å². The van der Waals surface area contributed by atoms with E-state index in [1.54, 1.807) is 17.1 Å². The summed E-state index contributed by atoms with van der Waals surface area (Å²) in [6.45, 7) is 5.74. The van der Waals surface area contributed by atoms with E-state index < -0.39 is 27.8 Å². The molecule has 3 N–H and O–H groups in total. The number of nitrogens with one attached hydrogen (secondary N) is 3. The second kappa shape index (κ2) is 11.0. The van der Waals surface area contributed by atoms with E-state index in [1.807, 2.05) is 4.72 Å². The van der Waals surface area contributed by atoms with E-state index in [0.717, 1.165) is 24.5 Å². The molecule has 3 amide bonds. The number of ether oxygens (including phenoxy) is 1. The number of hydrazine groups is 1. The Labute approximate surface area is 205 Å². The van der Waals surface area contributed by atoms with Gasteiger partial charge in [-0.3, -0.25) is 10.2 Å². The van der Waals surface area contributed by atoms with Gasteiger partial charge in [-0.15, -0.1) is 0 Å². The largest absolute Gasteiger partial charge is 0.496 e. The molecule has 2 aromatic rings. The summed E-state index contributed by atoms with van der Waals surface area (Å²) in [6, 6.07) is 8.89. The van der Waals surface area contributed by atoms with Crippen molar-refractivity contribution in [3.63, 3.8) is 0 Å². The number of rotatable bonds is 8. The van der Waals surface area contributed by atoms with E-state index in [2.05, 4.69) is 24.6 Å². The van der Waals surface area contributed by atoms with E-state index >= 15 is 0 Å². The molecule has 0 radical (unpaired) electrons. The molecular weight excluding hydrogens is 475 g/mol. The number of urea groups is 1. The zero-order valence-electron chi connectivity index (χ0n) is 20.1. The standard InChI is InChI=1S/C24H31FN4O5S/c1-24(2)12-4-14-29(16-24)27-23(31)28-35(32,33)19-8-5-17(6-9-19)11-13-26-22(30)20-15-18(25)7-10-21(20)34-3/h5-10,15H,4,11-14,16H2,1-3H3,(H,26,30)(H2,27,28,31). The predicted molar refractivity (Wildman–Crippen MR) is 129 cm³/mol. The number of benzene rings is 2. The first-order valence-corrected chi connectivity index (χ1v) is 12.8. The predicted octanol–water partition coefficient (Wildman–Crippen LogP) is 2.83. The van der Waals surface area contributed by atoms with Crippen molar-refractivity contribution in [1.82, 2.24) is 20.5 Å². The number of carbonyl (C=O) groups is 2. The number of nitrogens with zero attached hydrogens (tertiary/aromatic N) is 1. The quantitative estimate of drug-likeness (QED) is 0.507. The van der Waals surface area contributed by atoms with E-state index in [0.29, 0.717) is 19.5 Å². The van der Waals surface area contributed by atoms with Gasteiger partial charge in [-0.1, -0.05) is 26.0 Å². The first-order valence-electron chi connectivity index (χ1n) is 11.3. The lowest BCUT2D eigenvalue weighted by molar-refractivity contribution is 0.0826. The van der Waals surface area contributed by atoms with Gasteiger partial charge in [0.15, 0.2) is 0 Å². The molecule has 1 saturated heterocycles. The molecule has 1 heterocycles. The molecule has 1 fully saturated rings. The smallest absolute Gasteiger partial charge is 0.343 e. The van der Waals surface area contributed by atoms with Crippen molar-refractivity contribution >= 4 is 22.0 Å². The highest BCUT2D eigenvalue weighted by Gasteiger charge is 2.28. The summed E-state index contributed by atoms with van der Waals surface area (Å²) < 4.78 is 45.8. The Kier molecular flexibility index (Phi) is 8.34. The van der Waals surface area contributed by atoms with Crippen LogP contribution in [0.1, 0.15) is 42.6 Å². The van der Waals surface area contributed by atoms with Crippen molar-refractivity contribution in [2.75, 3.05) is 26.7 Å². The summed E-state index contributed by atoms with van der Waals surface area (Å²) in [5.74, 6) is -0.762. The van der Waals surface area contributed by atoms with E-state index in [-0.39, 0.29) is 28.2 Å². The topological polar surface area (TPSA) is 117 Å². The summed E-state index contributed by atoms with van der Waals surface area (Å²) in [5.41, 5.74) is 3.51. The number of halogens is 1. The average molecular weight is 507 g/mol. The van der Waals surface area contributed by atoms with Gasteiger partial charge in [0.1, 0.15) is 11.6 Å². The number of amides is 3. The van der Waals surface area contributed by atoms with Crippen molar-refractivity contribution in [2.24, 2.45) is 5.41 Å². The Bertz CT molecular complexity index is 1170. The van der Waals surface area contributed by atoms with Crippen LogP contribution in [0, 0.1) is 11.2 Å². The van der Waals surface area contributed by atoms with Gasteiger partial charge in [0.05, 0.1) is 17.6 Å². The van der Waals surface area contributed by atoms with Crippen LogP contribution in [0.4, 0.5) is 9.18 Å². The van der Waals surface area contributed by atoms with Crippen LogP contribution >= 0.6 is 0 Å². The Morgan fingerprint density at radius 3 is 2.51 bits per heavy atom. The molecule has 0 aromatic heterocycles.